The molecule has 0 unspecified atom stereocenters. The number of para-hydroxylation sites is 1. The van der Waals surface area contributed by atoms with Crippen molar-refractivity contribution in [2.24, 2.45) is 0 Å². The molecule has 1 aromatic heterocycles. The van der Waals surface area contributed by atoms with Crippen LogP contribution < -0.4 is 5.43 Å². The van der Waals surface area contributed by atoms with Crippen molar-refractivity contribution in [3.63, 3.8) is 0 Å². The fourth-order valence-corrected chi connectivity index (χ4v) is 2.35. The van der Waals surface area contributed by atoms with Crippen LogP contribution in [-0.4, -0.2) is 10.2 Å². The Balaban J connectivity index is 2.33. The first kappa shape index (κ1) is 12.7. The van der Waals surface area contributed by atoms with Crippen molar-refractivity contribution in [1.82, 2.24) is 0 Å². The summed E-state index contributed by atoms with van der Waals surface area (Å²) in [4.78, 5) is 12.1. The number of phenolic OH excluding ortho intramolecular Hbond substituents is 1. The van der Waals surface area contributed by atoms with Crippen LogP contribution in [0.25, 0.3) is 22.3 Å². The van der Waals surface area contributed by atoms with E-state index < -0.39 is 11.2 Å². The van der Waals surface area contributed by atoms with Crippen molar-refractivity contribution in [3.8, 4) is 22.8 Å². The van der Waals surface area contributed by atoms with Gasteiger partial charge in [-0.3, -0.25) is 4.79 Å². The number of halogens is 1. The van der Waals surface area contributed by atoms with Crippen molar-refractivity contribution >= 4 is 26.9 Å². The van der Waals surface area contributed by atoms with E-state index in [0.717, 1.165) is 0 Å². The molecule has 0 atom stereocenters. The Kier molecular flexibility index (Phi) is 2.99. The van der Waals surface area contributed by atoms with Gasteiger partial charge in [-0.15, -0.1) is 0 Å². The van der Waals surface area contributed by atoms with Gasteiger partial charge in [0.25, 0.3) is 0 Å². The minimum atomic E-state index is -0.481. The molecule has 2 aromatic carbocycles. The fourth-order valence-electron chi connectivity index (χ4n) is 1.98. The van der Waals surface area contributed by atoms with Gasteiger partial charge in [0.15, 0.2) is 5.76 Å². The Bertz CT molecular complexity index is 867. The highest BCUT2D eigenvalue weighted by Gasteiger charge is 2.15. The van der Waals surface area contributed by atoms with Crippen molar-refractivity contribution in [2.75, 3.05) is 0 Å². The quantitative estimate of drug-likeness (QED) is 0.713. The number of fused-ring (bicyclic) bond motifs is 1. The smallest absolute Gasteiger partial charge is 0.235 e. The lowest BCUT2D eigenvalue weighted by Crippen LogP contribution is -2.02. The number of benzene rings is 2. The molecular formula is C15H9BrO4. The zero-order valence-electron chi connectivity index (χ0n) is 10.1. The summed E-state index contributed by atoms with van der Waals surface area (Å²) in [6, 6.07) is 11.3. The van der Waals surface area contributed by atoms with Gasteiger partial charge >= 0.3 is 0 Å². The van der Waals surface area contributed by atoms with Gasteiger partial charge in [-0.1, -0.05) is 12.1 Å². The molecular weight excluding hydrogens is 324 g/mol. The molecule has 3 aromatic rings. The molecule has 0 aliphatic heterocycles. The largest absolute Gasteiger partial charge is 0.507 e. The maximum Gasteiger partial charge on any atom is 0.235 e. The van der Waals surface area contributed by atoms with Gasteiger partial charge in [-0.2, -0.15) is 0 Å². The van der Waals surface area contributed by atoms with Crippen LogP contribution in [0.15, 0.2) is 56.1 Å². The standard InChI is InChI=1S/C15H9BrO4/c16-10-7-8(5-6-11(10)17)15-14(19)13(18)9-3-1-2-4-12(9)20-15/h1-7,17,19H. The Morgan fingerprint density at radius 3 is 2.55 bits per heavy atom. The average molecular weight is 333 g/mol. The van der Waals surface area contributed by atoms with Gasteiger partial charge in [-0.05, 0) is 46.3 Å². The van der Waals surface area contributed by atoms with E-state index in [9.17, 15) is 15.0 Å². The Morgan fingerprint density at radius 2 is 1.80 bits per heavy atom. The van der Waals surface area contributed by atoms with Crippen molar-refractivity contribution in [2.45, 2.75) is 0 Å². The molecule has 0 radical (unpaired) electrons. The molecule has 0 aliphatic rings. The number of hydrogen-bond acceptors (Lipinski definition) is 4. The van der Waals surface area contributed by atoms with Gasteiger partial charge in [-0.25, -0.2) is 0 Å². The molecule has 3 rings (SSSR count). The minimum absolute atomic E-state index is 0.0661. The summed E-state index contributed by atoms with van der Waals surface area (Å²) in [5.41, 5.74) is 0.413. The zero-order chi connectivity index (χ0) is 14.3. The first-order valence-electron chi connectivity index (χ1n) is 5.81. The van der Waals surface area contributed by atoms with E-state index in [-0.39, 0.29) is 11.5 Å². The van der Waals surface area contributed by atoms with E-state index in [1.165, 1.54) is 6.07 Å². The number of phenols is 1. The topological polar surface area (TPSA) is 70.7 Å². The van der Waals surface area contributed by atoms with Crippen LogP contribution in [0.2, 0.25) is 0 Å². The summed E-state index contributed by atoms with van der Waals surface area (Å²) in [5, 5.41) is 19.8. The summed E-state index contributed by atoms with van der Waals surface area (Å²) in [6.07, 6.45) is 0. The zero-order valence-corrected chi connectivity index (χ0v) is 11.7. The molecule has 0 bridgehead atoms. The van der Waals surface area contributed by atoms with Crippen LogP contribution in [0, 0.1) is 0 Å². The van der Waals surface area contributed by atoms with Gasteiger partial charge in [0.2, 0.25) is 11.2 Å². The van der Waals surface area contributed by atoms with Gasteiger partial charge < -0.3 is 14.6 Å². The lowest BCUT2D eigenvalue weighted by atomic mass is 10.1. The predicted octanol–water partition coefficient (Wildman–Crippen LogP) is 3.63. The molecule has 0 spiro atoms. The molecule has 0 fully saturated rings. The molecule has 1 heterocycles. The summed E-state index contributed by atoms with van der Waals surface area (Å²) in [7, 11) is 0. The third-order valence-corrected chi connectivity index (χ3v) is 3.62. The summed E-state index contributed by atoms with van der Waals surface area (Å²) >= 11 is 3.18. The third-order valence-electron chi connectivity index (χ3n) is 2.98. The summed E-state index contributed by atoms with van der Waals surface area (Å²) in [6.45, 7) is 0. The second kappa shape index (κ2) is 4.68. The van der Waals surface area contributed by atoms with Crippen LogP contribution in [0.1, 0.15) is 0 Å². The molecule has 5 heteroatoms. The van der Waals surface area contributed by atoms with E-state index in [0.29, 0.717) is 21.0 Å². The lowest BCUT2D eigenvalue weighted by molar-refractivity contribution is 0.449. The minimum Gasteiger partial charge on any atom is -0.507 e. The lowest BCUT2D eigenvalue weighted by Gasteiger charge is -2.06. The first-order chi connectivity index (χ1) is 9.58. The number of rotatable bonds is 1. The van der Waals surface area contributed by atoms with Crippen LogP contribution >= 0.6 is 15.9 Å². The number of aromatic hydroxyl groups is 2. The van der Waals surface area contributed by atoms with Crippen molar-refractivity contribution in [3.05, 3.63) is 57.2 Å². The SMILES string of the molecule is O=c1c(O)c(-c2ccc(O)c(Br)c2)oc2ccccc12. The highest BCUT2D eigenvalue weighted by atomic mass is 79.9. The maximum absolute atomic E-state index is 12.1. The average Bonchev–Trinajstić information content (AvgIpc) is 2.46. The second-order valence-corrected chi connectivity index (χ2v) is 5.13. The van der Waals surface area contributed by atoms with E-state index in [4.69, 9.17) is 4.42 Å². The van der Waals surface area contributed by atoms with Gasteiger partial charge in [0.05, 0.1) is 9.86 Å². The van der Waals surface area contributed by atoms with Crippen molar-refractivity contribution in [1.29, 1.82) is 0 Å². The fraction of sp³-hybridized carbons (Fsp3) is 0. The normalized spacial score (nSPS) is 10.8. The van der Waals surface area contributed by atoms with E-state index in [1.54, 1.807) is 36.4 Å². The van der Waals surface area contributed by atoms with Crippen LogP contribution in [-0.2, 0) is 0 Å². The van der Waals surface area contributed by atoms with E-state index in [2.05, 4.69) is 15.9 Å². The van der Waals surface area contributed by atoms with Crippen LogP contribution in [0.4, 0.5) is 0 Å². The van der Waals surface area contributed by atoms with E-state index in [1.807, 2.05) is 0 Å². The Morgan fingerprint density at radius 1 is 1.05 bits per heavy atom. The Hall–Kier alpha value is -2.27. The van der Waals surface area contributed by atoms with Gasteiger partial charge in [0.1, 0.15) is 11.3 Å². The highest BCUT2D eigenvalue weighted by molar-refractivity contribution is 9.10. The molecule has 2 N–H and O–H groups in total. The molecule has 0 saturated carbocycles. The summed E-state index contributed by atoms with van der Waals surface area (Å²) in [5.74, 6) is -0.299. The van der Waals surface area contributed by atoms with E-state index >= 15 is 0 Å². The third kappa shape index (κ3) is 1.96. The highest BCUT2D eigenvalue weighted by Crippen LogP contribution is 2.34. The monoisotopic (exact) mass is 332 g/mol. The van der Waals surface area contributed by atoms with Crippen LogP contribution in [0.3, 0.4) is 0 Å². The first-order valence-corrected chi connectivity index (χ1v) is 6.61. The molecule has 100 valence electrons. The maximum atomic E-state index is 12.1. The molecule has 20 heavy (non-hydrogen) atoms. The predicted molar refractivity (Wildman–Crippen MR) is 78.9 cm³/mol. The van der Waals surface area contributed by atoms with Gasteiger partial charge in [0, 0.05) is 5.56 Å². The molecule has 0 amide bonds. The molecule has 0 saturated heterocycles. The van der Waals surface area contributed by atoms with Crippen molar-refractivity contribution < 1.29 is 14.6 Å². The number of hydrogen-bond donors (Lipinski definition) is 2. The summed E-state index contributed by atoms with van der Waals surface area (Å²) < 4.78 is 6.05. The Labute approximate surface area is 122 Å². The molecule has 4 nitrogen and oxygen atoms in total. The van der Waals surface area contributed by atoms with Crippen LogP contribution in [0.5, 0.6) is 11.5 Å². The second-order valence-electron chi connectivity index (χ2n) is 4.27. The molecule has 0 aliphatic carbocycles.